The predicted octanol–water partition coefficient (Wildman–Crippen LogP) is 4.49. The molecule has 0 bridgehead atoms. The second-order valence-corrected chi connectivity index (χ2v) is 10.5. The first-order valence-corrected chi connectivity index (χ1v) is 14.3. The summed E-state index contributed by atoms with van der Waals surface area (Å²) in [6.07, 6.45) is 3.12. The monoisotopic (exact) mass is 555 g/mol. The van der Waals surface area contributed by atoms with E-state index in [1.165, 1.54) is 0 Å². The molecule has 1 saturated carbocycles. The van der Waals surface area contributed by atoms with Gasteiger partial charge in [0.1, 0.15) is 6.10 Å². The molecule has 5 rings (SSSR count). The third kappa shape index (κ3) is 8.64. The van der Waals surface area contributed by atoms with Gasteiger partial charge < -0.3 is 25.6 Å². The summed E-state index contributed by atoms with van der Waals surface area (Å²) in [5, 5.41) is 11.9. The van der Waals surface area contributed by atoms with Crippen LogP contribution in [0.1, 0.15) is 36.0 Å². The Kier molecular flexibility index (Phi) is 9.61. The quantitative estimate of drug-likeness (QED) is 0.278. The highest BCUT2D eigenvalue weighted by Gasteiger charge is 2.23. The number of nitrogens with one attached hydrogen (secondary N) is 4. The molecule has 41 heavy (non-hydrogen) atoms. The minimum absolute atomic E-state index is 0.115. The highest BCUT2D eigenvalue weighted by Crippen LogP contribution is 2.28. The van der Waals surface area contributed by atoms with E-state index in [-0.39, 0.29) is 24.5 Å². The fraction of sp³-hybridized carbons (Fsp3) is 0.344. The first kappa shape index (κ1) is 28.3. The summed E-state index contributed by atoms with van der Waals surface area (Å²) >= 11 is 0. The van der Waals surface area contributed by atoms with Crippen LogP contribution >= 0.6 is 0 Å². The molecule has 0 unspecified atom stereocenters. The minimum atomic E-state index is -0.448. The van der Waals surface area contributed by atoms with E-state index in [1.54, 1.807) is 24.3 Å². The smallest absolute Gasteiger partial charge is 0.411 e. The number of benzene rings is 3. The van der Waals surface area contributed by atoms with Gasteiger partial charge in [-0.2, -0.15) is 0 Å². The molecule has 1 saturated heterocycles. The molecular formula is C32H37N5O4. The van der Waals surface area contributed by atoms with E-state index in [9.17, 15) is 14.4 Å². The van der Waals surface area contributed by atoms with E-state index in [0.29, 0.717) is 30.4 Å². The van der Waals surface area contributed by atoms with Gasteiger partial charge in [-0.15, -0.1) is 0 Å². The number of ether oxygens (including phenoxy) is 1. The van der Waals surface area contributed by atoms with Gasteiger partial charge in [0.15, 0.2) is 0 Å². The molecule has 0 aromatic heterocycles. The van der Waals surface area contributed by atoms with Crippen LogP contribution in [0, 0.1) is 0 Å². The fourth-order valence-corrected chi connectivity index (χ4v) is 4.90. The van der Waals surface area contributed by atoms with Crippen molar-refractivity contribution in [2.75, 3.05) is 43.4 Å². The van der Waals surface area contributed by atoms with E-state index >= 15 is 0 Å². The summed E-state index contributed by atoms with van der Waals surface area (Å²) in [4.78, 5) is 39.7. The van der Waals surface area contributed by atoms with Crippen LogP contribution in [-0.4, -0.2) is 67.7 Å². The van der Waals surface area contributed by atoms with Gasteiger partial charge in [-0.05, 0) is 55.5 Å². The zero-order valence-electron chi connectivity index (χ0n) is 23.1. The molecule has 1 aliphatic carbocycles. The van der Waals surface area contributed by atoms with Crippen LogP contribution in [-0.2, 0) is 9.53 Å². The van der Waals surface area contributed by atoms with Gasteiger partial charge in [0.05, 0.1) is 12.2 Å². The Hall–Kier alpha value is -4.21. The van der Waals surface area contributed by atoms with E-state index < -0.39 is 6.09 Å². The molecule has 3 aromatic rings. The molecule has 3 amide bonds. The number of likely N-dealkylation sites (tertiary alicyclic amines) is 1. The Morgan fingerprint density at radius 1 is 0.829 bits per heavy atom. The number of piperidine rings is 1. The van der Waals surface area contributed by atoms with E-state index in [2.05, 4.69) is 26.2 Å². The van der Waals surface area contributed by atoms with Gasteiger partial charge in [0.2, 0.25) is 5.91 Å². The van der Waals surface area contributed by atoms with Crippen molar-refractivity contribution in [3.8, 4) is 11.1 Å². The Bertz CT molecular complexity index is 1340. The maximum atomic E-state index is 12.7. The molecule has 9 nitrogen and oxygen atoms in total. The maximum Gasteiger partial charge on any atom is 0.411 e. The zero-order chi connectivity index (χ0) is 28.4. The number of hydrogen-bond donors (Lipinski definition) is 4. The lowest BCUT2D eigenvalue weighted by Crippen LogP contribution is -2.42. The summed E-state index contributed by atoms with van der Waals surface area (Å²) in [6.45, 7) is 3.05. The second kappa shape index (κ2) is 13.9. The third-order valence-electron chi connectivity index (χ3n) is 7.31. The molecule has 1 heterocycles. The maximum absolute atomic E-state index is 12.7. The number of carbonyl (C=O) groups excluding carboxylic acids is 3. The summed E-state index contributed by atoms with van der Waals surface area (Å²) in [5.41, 5.74) is 3.80. The van der Waals surface area contributed by atoms with Gasteiger partial charge in [0, 0.05) is 49.0 Å². The highest BCUT2D eigenvalue weighted by atomic mass is 16.6. The molecule has 4 N–H and O–H groups in total. The summed E-state index contributed by atoms with van der Waals surface area (Å²) in [7, 11) is 0. The van der Waals surface area contributed by atoms with Gasteiger partial charge in [0.25, 0.3) is 5.91 Å². The van der Waals surface area contributed by atoms with Gasteiger partial charge in [-0.25, -0.2) is 4.79 Å². The first-order valence-electron chi connectivity index (χ1n) is 14.3. The summed E-state index contributed by atoms with van der Waals surface area (Å²) in [5.74, 6) is -0.292. The molecule has 2 aliphatic rings. The number of nitrogens with zero attached hydrogens (tertiary/aromatic N) is 1. The number of rotatable bonds is 11. The van der Waals surface area contributed by atoms with Crippen LogP contribution in [0.3, 0.4) is 0 Å². The lowest BCUT2D eigenvalue weighted by atomic mass is 10.0. The van der Waals surface area contributed by atoms with Crippen LogP contribution in [0.4, 0.5) is 16.2 Å². The predicted molar refractivity (Wildman–Crippen MR) is 160 cm³/mol. The Balaban J connectivity index is 1.01. The van der Waals surface area contributed by atoms with E-state index in [4.69, 9.17) is 4.74 Å². The largest absolute Gasteiger partial charge is 0.446 e. The first-order chi connectivity index (χ1) is 20.0. The molecule has 2 fully saturated rings. The highest BCUT2D eigenvalue weighted by molar-refractivity contribution is 5.97. The van der Waals surface area contributed by atoms with Crippen LogP contribution in [0.5, 0.6) is 0 Å². The normalized spacial score (nSPS) is 15.6. The van der Waals surface area contributed by atoms with Crippen molar-refractivity contribution in [2.45, 2.75) is 37.8 Å². The summed E-state index contributed by atoms with van der Waals surface area (Å²) in [6, 6.07) is 25.0. The molecule has 1 aliphatic heterocycles. The van der Waals surface area contributed by atoms with Crippen molar-refractivity contribution < 1.29 is 19.1 Å². The second-order valence-electron chi connectivity index (χ2n) is 10.5. The molecule has 9 heteroatoms. The van der Waals surface area contributed by atoms with Crippen molar-refractivity contribution in [1.82, 2.24) is 15.5 Å². The van der Waals surface area contributed by atoms with E-state index in [0.717, 1.165) is 55.6 Å². The molecular weight excluding hydrogens is 518 g/mol. The van der Waals surface area contributed by atoms with E-state index in [1.807, 2.05) is 54.6 Å². The SMILES string of the molecule is O=C(CNC1CC1)Nc1cccc(C(=O)NCCN2CCC(OC(=O)Nc3ccccc3-c3ccccc3)CC2)c1. The lowest BCUT2D eigenvalue weighted by Gasteiger charge is -2.31. The van der Waals surface area contributed by atoms with Crippen molar-refractivity contribution in [2.24, 2.45) is 0 Å². The Morgan fingerprint density at radius 2 is 1.59 bits per heavy atom. The number of anilines is 2. The molecule has 3 aromatic carbocycles. The van der Waals surface area contributed by atoms with Gasteiger partial charge in [-0.3, -0.25) is 14.9 Å². The van der Waals surface area contributed by atoms with Crippen LogP contribution < -0.4 is 21.3 Å². The summed E-state index contributed by atoms with van der Waals surface area (Å²) < 4.78 is 5.72. The lowest BCUT2D eigenvalue weighted by molar-refractivity contribution is -0.115. The van der Waals surface area contributed by atoms with Crippen molar-refractivity contribution in [3.05, 3.63) is 84.4 Å². The standard InChI is InChI=1S/C32H37N5O4/c38-30(22-34-25-13-14-25)35-26-10-6-9-24(21-26)31(39)33-17-20-37-18-15-27(16-19-37)41-32(40)36-29-12-5-4-11-28(29)23-7-2-1-3-8-23/h1-12,21,25,27,34H,13-20,22H2,(H,33,39)(H,35,38)(H,36,40). The minimum Gasteiger partial charge on any atom is -0.446 e. The topological polar surface area (TPSA) is 112 Å². The van der Waals surface area contributed by atoms with Crippen LogP contribution in [0.2, 0.25) is 0 Å². The molecule has 0 spiro atoms. The number of carbonyl (C=O) groups is 3. The van der Waals surface area contributed by atoms with Gasteiger partial charge >= 0.3 is 6.09 Å². The van der Waals surface area contributed by atoms with Crippen LogP contribution in [0.15, 0.2) is 78.9 Å². The number of hydrogen-bond acceptors (Lipinski definition) is 6. The van der Waals surface area contributed by atoms with Crippen molar-refractivity contribution >= 4 is 29.3 Å². The number of amides is 3. The van der Waals surface area contributed by atoms with Crippen molar-refractivity contribution in [3.63, 3.8) is 0 Å². The Morgan fingerprint density at radius 3 is 2.37 bits per heavy atom. The zero-order valence-corrected chi connectivity index (χ0v) is 23.1. The van der Waals surface area contributed by atoms with Crippen molar-refractivity contribution in [1.29, 1.82) is 0 Å². The van der Waals surface area contributed by atoms with Gasteiger partial charge in [-0.1, -0.05) is 54.6 Å². The molecule has 214 valence electrons. The van der Waals surface area contributed by atoms with Crippen LogP contribution in [0.25, 0.3) is 11.1 Å². The number of para-hydroxylation sites is 1. The average Bonchev–Trinajstić information content (AvgIpc) is 3.83. The fourth-order valence-electron chi connectivity index (χ4n) is 4.90. The third-order valence-corrected chi connectivity index (χ3v) is 7.31. The average molecular weight is 556 g/mol. The molecule has 0 atom stereocenters. The molecule has 0 radical (unpaired) electrons. The Labute approximate surface area is 240 Å².